The Kier molecular flexibility index (Phi) is 4.57. The molecule has 0 heterocycles. The van der Waals surface area contributed by atoms with Gasteiger partial charge < -0.3 is 9.64 Å². The van der Waals surface area contributed by atoms with Gasteiger partial charge in [0.05, 0.1) is 18.7 Å². The minimum atomic E-state index is -0.0711. The van der Waals surface area contributed by atoms with Crippen LogP contribution in [0.3, 0.4) is 0 Å². The van der Waals surface area contributed by atoms with E-state index in [0.717, 1.165) is 5.56 Å². The first kappa shape index (κ1) is 14.6. The third-order valence-electron chi connectivity index (χ3n) is 3.17. The standard InChI is InChI=1S/C17H16N2O2/c1-19(12-14-8-6-13(11-18)7-9-14)17(20)15-4-3-5-16(10-15)21-2/h3-10H,12H2,1-2H3. The van der Waals surface area contributed by atoms with E-state index < -0.39 is 0 Å². The molecule has 0 atom stereocenters. The number of hydrogen-bond acceptors (Lipinski definition) is 3. The molecule has 2 aromatic rings. The quantitative estimate of drug-likeness (QED) is 0.865. The molecule has 0 aromatic heterocycles. The summed E-state index contributed by atoms with van der Waals surface area (Å²) in [4.78, 5) is 14.0. The van der Waals surface area contributed by atoms with Crippen LogP contribution in [0.1, 0.15) is 21.5 Å². The number of carbonyl (C=O) groups excluding carboxylic acids is 1. The predicted molar refractivity (Wildman–Crippen MR) is 79.9 cm³/mol. The third-order valence-corrected chi connectivity index (χ3v) is 3.17. The summed E-state index contributed by atoms with van der Waals surface area (Å²) in [5.74, 6) is 0.589. The van der Waals surface area contributed by atoms with Crippen molar-refractivity contribution in [2.45, 2.75) is 6.54 Å². The molecule has 4 nitrogen and oxygen atoms in total. The maximum absolute atomic E-state index is 12.4. The zero-order valence-electron chi connectivity index (χ0n) is 12.0. The van der Waals surface area contributed by atoms with Gasteiger partial charge in [0.25, 0.3) is 5.91 Å². The summed E-state index contributed by atoms with van der Waals surface area (Å²) in [6.07, 6.45) is 0. The Morgan fingerprint density at radius 2 is 1.95 bits per heavy atom. The first-order valence-electron chi connectivity index (χ1n) is 6.52. The molecule has 0 radical (unpaired) electrons. The number of benzene rings is 2. The highest BCUT2D eigenvalue weighted by molar-refractivity contribution is 5.94. The SMILES string of the molecule is COc1cccc(C(=O)N(C)Cc2ccc(C#N)cc2)c1. The summed E-state index contributed by atoms with van der Waals surface area (Å²) >= 11 is 0. The number of nitrogens with zero attached hydrogens (tertiary/aromatic N) is 2. The van der Waals surface area contributed by atoms with Crippen LogP contribution < -0.4 is 4.74 Å². The number of methoxy groups -OCH3 is 1. The van der Waals surface area contributed by atoms with E-state index in [0.29, 0.717) is 23.4 Å². The highest BCUT2D eigenvalue weighted by Gasteiger charge is 2.12. The predicted octanol–water partition coefficient (Wildman–Crippen LogP) is 2.84. The molecule has 2 rings (SSSR count). The van der Waals surface area contributed by atoms with Crippen molar-refractivity contribution in [3.05, 3.63) is 65.2 Å². The number of carbonyl (C=O) groups is 1. The molecule has 0 bridgehead atoms. The van der Waals surface area contributed by atoms with Gasteiger partial charge in [0.2, 0.25) is 0 Å². The van der Waals surface area contributed by atoms with Crippen molar-refractivity contribution in [1.82, 2.24) is 4.90 Å². The Balaban J connectivity index is 2.09. The molecule has 0 spiro atoms. The zero-order chi connectivity index (χ0) is 15.2. The van der Waals surface area contributed by atoms with Gasteiger partial charge in [-0.1, -0.05) is 18.2 Å². The Labute approximate surface area is 124 Å². The van der Waals surface area contributed by atoms with Gasteiger partial charge in [-0.2, -0.15) is 5.26 Å². The van der Waals surface area contributed by atoms with Crippen molar-refractivity contribution < 1.29 is 9.53 Å². The minimum absolute atomic E-state index is 0.0711. The van der Waals surface area contributed by atoms with Crippen LogP contribution >= 0.6 is 0 Å². The van der Waals surface area contributed by atoms with Gasteiger partial charge in [-0.25, -0.2) is 0 Å². The Morgan fingerprint density at radius 1 is 1.24 bits per heavy atom. The molecule has 106 valence electrons. The molecule has 1 amide bonds. The second-order valence-corrected chi connectivity index (χ2v) is 4.70. The molecule has 0 unspecified atom stereocenters. The Hall–Kier alpha value is -2.80. The van der Waals surface area contributed by atoms with E-state index in [4.69, 9.17) is 10.00 Å². The third kappa shape index (κ3) is 3.61. The normalized spacial score (nSPS) is 9.76. The maximum Gasteiger partial charge on any atom is 0.254 e. The molecule has 21 heavy (non-hydrogen) atoms. The summed E-state index contributed by atoms with van der Waals surface area (Å²) in [7, 11) is 3.32. The van der Waals surface area contributed by atoms with Crippen molar-refractivity contribution in [3.63, 3.8) is 0 Å². The Bertz CT molecular complexity index is 672. The molecule has 4 heteroatoms. The fraction of sp³-hybridized carbons (Fsp3) is 0.176. The summed E-state index contributed by atoms with van der Waals surface area (Å²) in [6.45, 7) is 0.488. The van der Waals surface area contributed by atoms with E-state index in [9.17, 15) is 4.79 Å². The van der Waals surface area contributed by atoms with Crippen molar-refractivity contribution >= 4 is 5.91 Å². The van der Waals surface area contributed by atoms with Crippen molar-refractivity contribution in [2.75, 3.05) is 14.2 Å². The molecule has 0 aliphatic rings. The van der Waals surface area contributed by atoms with Crippen LogP contribution in [0.25, 0.3) is 0 Å². The summed E-state index contributed by atoms with van der Waals surface area (Å²) in [6, 6.07) is 16.4. The number of amides is 1. The van der Waals surface area contributed by atoms with Gasteiger partial charge >= 0.3 is 0 Å². The average Bonchev–Trinajstić information content (AvgIpc) is 2.54. The van der Waals surface area contributed by atoms with E-state index in [-0.39, 0.29) is 5.91 Å². The fourth-order valence-corrected chi connectivity index (χ4v) is 2.01. The molecular formula is C17H16N2O2. The lowest BCUT2D eigenvalue weighted by Gasteiger charge is -2.17. The molecule has 0 aliphatic heterocycles. The highest BCUT2D eigenvalue weighted by atomic mass is 16.5. The zero-order valence-corrected chi connectivity index (χ0v) is 12.0. The smallest absolute Gasteiger partial charge is 0.254 e. The van der Waals surface area contributed by atoms with Crippen LogP contribution in [0.2, 0.25) is 0 Å². The van der Waals surface area contributed by atoms with Crippen molar-refractivity contribution in [1.29, 1.82) is 5.26 Å². The van der Waals surface area contributed by atoms with E-state index in [2.05, 4.69) is 6.07 Å². The van der Waals surface area contributed by atoms with Crippen molar-refractivity contribution in [2.24, 2.45) is 0 Å². The lowest BCUT2D eigenvalue weighted by molar-refractivity contribution is 0.0784. The lowest BCUT2D eigenvalue weighted by atomic mass is 10.1. The average molecular weight is 280 g/mol. The molecular weight excluding hydrogens is 264 g/mol. The molecule has 2 aromatic carbocycles. The summed E-state index contributed by atoms with van der Waals surface area (Å²) < 4.78 is 5.13. The Morgan fingerprint density at radius 3 is 2.57 bits per heavy atom. The number of nitriles is 1. The van der Waals surface area contributed by atoms with Gasteiger partial charge in [-0.15, -0.1) is 0 Å². The van der Waals surface area contributed by atoms with Crippen LogP contribution in [0.5, 0.6) is 5.75 Å². The topological polar surface area (TPSA) is 53.3 Å². The van der Waals surface area contributed by atoms with Gasteiger partial charge in [-0.05, 0) is 35.9 Å². The van der Waals surface area contributed by atoms with Crippen LogP contribution in [0.15, 0.2) is 48.5 Å². The van der Waals surface area contributed by atoms with Crippen LogP contribution in [0.4, 0.5) is 0 Å². The van der Waals surface area contributed by atoms with E-state index >= 15 is 0 Å². The number of ether oxygens (including phenoxy) is 1. The molecule has 0 saturated carbocycles. The maximum atomic E-state index is 12.4. The molecule has 0 N–H and O–H groups in total. The number of hydrogen-bond donors (Lipinski definition) is 0. The van der Waals surface area contributed by atoms with E-state index in [1.165, 1.54) is 0 Å². The van der Waals surface area contributed by atoms with Crippen LogP contribution in [-0.2, 0) is 6.54 Å². The first-order valence-corrected chi connectivity index (χ1v) is 6.52. The largest absolute Gasteiger partial charge is 0.497 e. The molecule has 0 aliphatic carbocycles. The highest BCUT2D eigenvalue weighted by Crippen LogP contribution is 2.15. The molecule has 0 saturated heterocycles. The lowest BCUT2D eigenvalue weighted by Crippen LogP contribution is -2.26. The molecule has 0 fully saturated rings. The van der Waals surface area contributed by atoms with Crippen LogP contribution in [-0.4, -0.2) is 25.0 Å². The minimum Gasteiger partial charge on any atom is -0.497 e. The second-order valence-electron chi connectivity index (χ2n) is 4.70. The second kappa shape index (κ2) is 6.58. The van der Waals surface area contributed by atoms with Crippen LogP contribution in [0, 0.1) is 11.3 Å². The first-order chi connectivity index (χ1) is 10.1. The monoisotopic (exact) mass is 280 g/mol. The van der Waals surface area contributed by atoms with E-state index in [1.807, 2.05) is 12.1 Å². The number of rotatable bonds is 4. The van der Waals surface area contributed by atoms with Crippen molar-refractivity contribution in [3.8, 4) is 11.8 Å². The van der Waals surface area contributed by atoms with Gasteiger partial charge in [0, 0.05) is 19.2 Å². The van der Waals surface area contributed by atoms with E-state index in [1.54, 1.807) is 55.5 Å². The summed E-state index contributed by atoms with van der Waals surface area (Å²) in [5.41, 5.74) is 2.18. The fourth-order valence-electron chi connectivity index (χ4n) is 2.01. The van der Waals surface area contributed by atoms with Gasteiger partial charge in [-0.3, -0.25) is 4.79 Å². The van der Waals surface area contributed by atoms with Gasteiger partial charge in [0.1, 0.15) is 5.75 Å². The van der Waals surface area contributed by atoms with Gasteiger partial charge in [0.15, 0.2) is 0 Å². The summed E-state index contributed by atoms with van der Waals surface area (Å²) in [5, 5.41) is 8.77.